The average molecular weight is 217 g/mol. The molecular formula is C12H15N3O. The summed E-state index contributed by atoms with van der Waals surface area (Å²) < 4.78 is 5.74. The van der Waals surface area contributed by atoms with E-state index < -0.39 is 0 Å². The maximum Gasteiger partial charge on any atom is 0.121 e. The van der Waals surface area contributed by atoms with Crippen molar-refractivity contribution in [2.75, 3.05) is 19.7 Å². The molecule has 1 aliphatic rings. The first-order valence-electron chi connectivity index (χ1n) is 5.61. The van der Waals surface area contributed by atoms with E-state index in [-0.39, 0.29) is 0 Å². The molecule has 16 heavy (non-hydrogen) atoms. The summed E-state index contributed by atoms with van der Waals surface area (Å²) >= 11 is 0. The van der Waals surface area contributed by atoms with Gasteiger partial charge in [0.1, 0.15) is 11.6 Å². The zero-order valence-corrected chi connectivity index (χ0v) is 9.29. The number of hydrogen-bond acceptors (Lipinski definition) is 3. The molecule has 2 aromatic rings. The fraction of sp³-hybridized carbons (Fsp3) is 0.417. The number of hydrogen-bond donors (Lipinski definition) is 2. The minimum atomic E-state index is 0.666. The van der Waals surface area contributed by atoms with Crippen LogP contribution in [0.3, 0.4) is 0 Å². The number of rotatable bonds is 3. The largest absolute Gasteiger partial charge is 0.493 e. The monoisotopic (exact) mass is 217 g/mol. The molecule has 0 aliphatic carbocycles. The third kappa shape index (κ3) is 1.76. The lowest BCUT2D eigenvalue weighted by Crippen LogP contribution is -2.45. The van der Waals surface area contributed by atoms with E-state index in [1.165, 1.54) is 0 Å². The standard InChI is InChI=1S/C12H15N3O/c1-8-14-11-3-2-10(4-12(11)15-8)16-7-9-5-13-6-9/h2-4,9,13H,5-7H2,1H3,(H,14,15). The maximum absolute atomic E-state index is 5.74. The van der Waals surface area contributed by atoms with E-state index in [2.05, 4.69) is 15.3 Å². The lowest BCUT2D eigenvalue weighted by Gasteiger charge is -2.26. The van der Waals surface area contributed by atoms with Gasteiger partial charge < -0.3 is 15.0 Å². The molecule has 0 radical (unpaired) electrons. The first-order valence-corrected chi connectivity index (χ1v) is 5.61. The van der Waals surface area contributed by atoms with Gasteiger partial charge in [0, 0.05) is 25.1 Å². The molecule has 1 aliphatic heterocycles. The van der Waals surface area contributed by atoms with E-state index in [1.807, 2.05) is 25.1 Å². The van der Waals surface area contributed by atoms with Crippen molar-refractivity contribution in [2.24, 2.45) is 5.92 Å². The zero-order chi connectivity index (χ0) is 11.0. The Balaban J connectivity index is 1.75. The van der Waals surface area contributed by atoms with Crippen molar-refractivity contribution in [1.29, 1.82) is 0 Å². The van der Waals surface area contributed by atoms with Gasteiger partial charge in [-0.25, -0.2) is 4.98 Å². The summed E-state index contributed by atoms with van der Waals surface area (Å²) in [6, 6.07) is 5.99. The molecule has 1 fully saturated rings. The van der Waals surface area contributed by atoms with Crippen LogP contribution in [0.5, 0.6) is 5.75 Å². The number of nitrogens with one attached hydrogen (secondary N) is 2. The van der Waals surface area contributed by atoms with Crippen LogP contribution in [0.25, 0.3) is 11.0 Å². The van der Waals surface area contributed by atoms with Gasteiger partial charge in [-0.3, -0.25) is 0 Å². The summed E-state index contributed by atoms with van der Waals surface area (Å²) in [5.74, 6) is 2.53. The van der Waals surface area contributed by atoms with Crippen molar-refractivity contribution in [3.63, 3.8) is 0 Å². The number of benzene rings is 1. The highest BCUT2D eigenvalue weighted by Crippen LogP contribution is 2.19. The molecule has 3 rings (SSSR count). The van der Waals surface area contributed by atoms with Crippen LogP contribution < -0.4 is 10.1 Å². The third-order valence-corrected chi connectivity index (χ3v) is 2.92. The van der Waals surface area contributed by atoms with Crippen LogP contribution in [0.15, 0.2) is 18.2 Å². The molecule has 1 aromatic carbocycles. The maximum atomic E-state index is 5.74. The average Bonchev–Trinajstić information content (AvgIpc) is 2.55. The van der Waals surface area contributed by atoms with E-state index >= 15 is 0 Å². The van der Waals surface area contributed by atoms with Crippen molar-refractivity contribution in [2.45, 2.75) is 6.92 Å². The number of fused-ring (bicyclic) bond motifs is 1. The molecule has 1 saturated heterocycles. The second-order valence-electron chi connectivity index (χ2n) is 4.34. The predicted molar refractivity (Wildman–Crippen MR) is 62.7 cm³/mol. The SMILES string of the molecule is Cc1nc2ccc(OCC3CNC3)cc2[nH]1. The number of nitrogens with zero attached hydrogens (tertiary/aromatic N) is 1. The van der Waals surface area contributed by atoms with Crippen LogP contribution in [-0.2, 0) is 0 Å². The van der Waals surface area contributed by atoms with Gasteiger partial charge in [0.15, 0.2) is 0 Å². The highest BCUT2D eigenvalue weighted by atomic mass is 16.5. The van der Waals surface area contributed by atoms with Crippen LogP contribution in [0.1, 0.15) is 5.82 Å². The Labute approximate surface area is 94.0 Å². The summed E-state index contributed by atoms with van der Waals surface area (Å²) in [5, 5.41) is 3.23. The van der Waals surface area contributed by atoms with Crippen molar-refractivity contribution in [3.05, 3.63) is 24.0 Å². The Morgan fingerprint density at radius 2 is 2.31 bits per heavy atom. The van der Waals surface area contributed by atoms with Gasteiger partial charge in [-0.1, -0.05) is 0 Å². The molecule has 0 atom stereocenters. The van der Waals surface area contributed by atoms with E-state index in [4.69, 9.17) is 4.74 Å². The van der Waals surface area contributed by atoms with Gasteiger partial charge in [-0.2, -0.15) is 0 Å². The van der Waals surface area contributed by atoms with Crippen LogP contribution in [0.2, 0.25) is 0 Å². The molecule has 0 saturated carbocycles. The van der Waals surface area contributed by atoms with Gasteiger partial charge in [-0.05, 0) is 19.1 Å². The van der Waals surface area contributed by atoms with E-state index in [1.54, 1.807) is 0 Å². The Bertz CT molecular complexity index is 502. The summed E-state index contributed by atoms with van der Waals surface area (Å²) in [5.41, 5.74) is 2.04. The molecule has 2 N–H and O–H groups in total. The smallest absolute Gasteiger partial charge is 0.121 e. The quantitative estimate of drug-likeness (QED) is 0.818. The van der Waals surface area contributed by atoms with Gasteiger partial charge in [0.25, 0.3) is 0 Å². The molecule has 0 amide bonds. The second kappa shape index (κ2) is 3.79. The van der Waals surface area contributed by atoms with Crippen molar-refractivity contribution < 1.29 is 4.74 Å². The molecule has 4 nitrogen and oxygen atoms in total. The van der Waals surface area contributed by atoms with Gasteiger partial charge >= 0.3 is 0 Å². The fourth-order valence-corrected chi connectivity index (χ4v) is 1.89. The van der Waals surface area contributed by atoms with Gasteiger partial charge in [0.05, 0.1) is 17.6 Å². The first-order chi connectivity index (χ1) is 7.81. The zero-order valence-electron chi connectivity index (χ0n) is 9.29. The molecule has 1 aromatic heterocycles. The first kappa shape index (κ1) is 9.66. The highest BCUT2D eigenvalue weighted by molar-refractivity contribution is 5.76. The molecular weight excluding hydrogens is 202 g/mol. The van der Waals surface area contributed by atoms with E-state index in [0.29, 0.717) is 5.92 Å². The summed E-state index contributed by atoms with van der Waals surface area (Å²) in [6.45, 7) is 4.91. The molecule has 2 heterocycles. The molecule has 84 valence electrons. The Morgan fingerprint density at radius 3 is 3.06 bits per heavy atom. The summed E-state index contributed by atoms with van der Waals surface area (Å²) in [4.78, 5) is 7.57. The molecule has 4 heteroatoms. The van der Waals surface area contributed by atoms with Gasteiger partial charge in [-0.15, -0.1) is 0 Å². The number of ether oxygens (including phenoxy) is 1. The number of imidazole rings is 1. The van der Waals surface area contributed by atoms with Crippen LogP contribution >= 0.6 is 0 Å². The lowest BCUT2D eigenvalue weighted by molar-refractivity contribution is 0.199. The Hall–Kier alpha value is -1.55. The van der Waals surface area contributed by atoms with Crippen molar-refractivity contribution >= 4 is 11.0 Å². The van der Waals surface area contributed by atoms with Crippen molar-refractivity contribution in [3.8, 4) is 5.75 Å². The normalized spacial score (nSPS) is 16.3. The summed E-state index contributed by atoms with van der Waals surface area (Å²) in [6.07, 6.45) is 0. The topological polar surface area (TPSA) is 49.9 Å². The van der Waals surface area contributed by atoms with E-state index in [9.17, 15) is 0 Å². The molecule has 0 spiro atoms. The Morgan fingerprint density at radius 1 is 1.44 bits per heavy atom. The Kier molecular flexibility index (Phi) is 2.29. The molecule has 0 unspecified atom stereocenters. The predicted octanol–water partition coefficient (Wildman–Crippen LogP) is 1.47. The number of aromatic nitrogens is 2. The van der Waals surface area contributed by atoms with E-state index in [0.717, 1.165) is 42.3 Å². The van der Waals surface area contributed by atoms with Crippen LogP contribution in [0, 0.1) is 12.8 Å². The van der Waals surface area contributed by atoms with Crippen LogP contribution in [0.4, 0.5) is 0 Å². The minimum absolute atomic E-state index is 0.666. The fourth-order valence-electron chi connectivity index (χ4n) is 1.89. The number of H-pyrrole nitrogens is 1. The molecule has 0 bridgehead atoms. The number of aryl methyl sites for hydroxylation is 1. The van der Waals surface area contributed by atoms with Crippen LogP contribution in [-0.4, -0.2) is 29.7 Å². The minimum Gasteiger partial charge on any atom is -0.493 e. The second-order valence-corrected chi connectivity index (χ2v) is 4.34. The number of aromatic amines is 1. The van der Waals surface area contributed by atoms with Crippen molar-refractivity contribution in [1.82, 2.24) is 15.3 Å². The lowest BCUT2D eigenvalue weighted by atomic mass is 10.1. The summed E-state index contributed by atoms with van der Waals surface area (Å²) in [7, 11) is 0. The van der Waals surface area contributed by atoms with Gasteiger partial charge in [0.2, 0.25) is 0 Å². The highest BCUT2D eigenvalue weighted by Gasteiger charge is 2.17. The third-order valence-electron chi connectivity index (χ3n) is 2.92.